The first kappa shape index (κ1) is 17.6. The van der Waals surface area contributed by atoms with Gasteiger partial charge in [0.25, 0.3) is 5.91 Å². The Bertz CT molecular complexity index is 769. The van der Waals surface area contributed by atoms with Gasteiger partial charge in [0.1, 0.15) is 11.8 Å². The van der Waals surface area contributed by atoms with Crippen LogP contribution in [0.15, 0.2) is 42.5 Å². The van der Waals surface area contributed by atoms with Crippen molar-refractivity contribution in [2.75, 3.05) is 26.0 Å². The number of hydrogen-bond donors (Lipinski definition) is 1. The van der Waals surface area contributed by atoms with Crippen LogP contribution >= 0.6 is 11.6 Å². The van der Waals surface area contributed by atoms with Gasteiger partial charge in [0, 0.05) is 26.3 Å². The molecule has 24 heavy (non-hydrogen) atoms. The van der Waals surface area contributed by atoms with Crippen LogP contribution in [0.2, 0.25) is 5.02 Å². The van der Waals surface area contributed by atoms with Crippen molar-refractivity contribution in [1.82, 2.24) is 4.90 Å². The van der Waals surface area contributed by atoms with Gasteiger partial charge in [-0.05, 0) is 35.9 Å². The largest absolute Gasteiger partial charge is 0.484 e. The zero-order valence-electron chi connectivity index (χ0n) is 13.5. The molecule has 1 N–H and O–H groups in total. The maximum absolute atomic E-state index is 11.5. The van der Waals surface area contributed by atoms with Crippen molar-refractivity contribution in [3.05, 3.63) is 58.6 Å². The van der Waals surface area contributed by atoms with E-state index in [1.807, 2.05) is 30.3 Å². The van der Waals surface area contributed by atoms with E-state index in [1.54, 1.807) is 32.3 Å². The molecule has 5 nitrogen and oxygen atoms in total. The van der Waals surface area contributed by atoms with E-state index >= 15 is 0 Å². The molecule has 0 radical (unpaired) electrons. The maximum Gasteiger partial charge on any atom is 0.259 e. The number of carbonyl (C=O) groups is 1. The van der Waals surface area contributed by atoms with Gasteiger partial charge in [-0.15, -0.1) is 0 Å². The molecule has 0 aliphatic carbocycles. The third-order valence-electron chi connectivity index (χ3n) is 3.35. The molecular formula is C18H18ClN3O2. The van der Waals surface area contributed by atoms with Gasteiger partial charge in [0.15, 0.2) is 6.61 Å². The van der Waals surface area contributed by atoms with Gasteiger partial charge in [-0.3, -0.25) is 4.79 Å². The summed E-state index contributed by atoms with van der Waals surface area (Å²) in [6.07, 6.45) is 0. The van der Waals surface area contributed by atoms with E-state index in [0.717, 1.165) is 11.3 Å². The predicted molar refractivity (Wildman–Crippen MR) is 94.1 cm³/mol. The molecule has 0 heterocycles. The smallest absolute Gasteiger partial charge is 0.259 e. The summed E-state index contributed by atoms with van der Waals surface area (Å²) in [6.45, 7) is 0.580. The molecule has 1 amide bonds. The summed E-state index contributed by atoms with van der Waals surface area (Å²) < 4.78 is 5.50. The number of carbonyl (C=O) groups excluding carboxylic acids is 1. The van der Waals surface area contributed by atoms with E-state index in [9.17, 15) is 4.79 Å². The van der Waals surface area contributed by atoms with Crippen molar-refractivity contribution >= 4 is 23.2 Å². The Hall–Kier alpha value is -2.71. The molecule has 0 saturated heterocycles. The average molecular weight is 344 g/mol. The number of amides is 1. The standard InChI is InChI=1S/C18H18ClN3O2/c1-22(2)18(23)12-24-16-5-3-4-13(8-16)11-21-15-7-6-14(10-20)17(19)9-15/h3-9,21H,11-12H2,1-2H3. The molecular weight excluding hydrogens is 326 g/mol. The monoisotopic (exact) mass is 343 g/mol. The van der Waals surface area contributed by atoms with Crippen LogP contribution in [0.25, 0.3) is 0 Å². The van der Waals surface area contributed by atoms with Crippen LogP contribution in [0.1, 0.15) is 11.1 Å². The summed E-state index contributed by atoms with van der Waals surface area (Å²) in [4.78, 5) is 13.0. The zero-order valence-corrected chi connectivity index (χ0v) is 14.3. The van der Waals surface area contributed by atoms with Crippen LogP contribution in [0.3, 0.4) is 0 Å². The molecule has 0 fully saturated rings. The predicted octanol–water partition coefficient (Wildman–Crippen LogP) is 3.29. The van der Waals surface area contributed by atoms with Crippen molar-refractivity contribution in [2.24, 2.45) is 0 Å². The van der Waals surface area contributed by atoms with Gasteiger partial charge in [0.2, 0.25) is 0 Å². The van der Waals surface area contributed by atoms with Crippen molar-refractivity contribution < 1.29 is 9.53 Å². The number of likely N-dealkylation sites (N-methyl/N-ethyl adjacent to an activating group) is 1. The molecule has 2 aromatic rings. The van der Waals surface area contributed by atoms with Crippen molar-refractivity contribution in [1.29, 1.82) is 5.26 Å². The van der Waals surface area contributed by atoms with Gasteiger partial charge in [-0.1, -0.05) is 23.7 Å². The summed E-state index contributed by atoms with van der Waals surface area (Å²) in [5.41, 5.74) is 2.28. The quantitative estimate of drug-likeness (QED) is 0.874. The lowest BCUT2D eigenvalue weighted by molar-refractivity contribution is -0.130. The number of nitrogens with zero attached hydrogens (tertiary/aromatic N) is 2. The van der Waals surface area contributed by atoms with Crippen LogP contribution in [0.5, 0.6) is 5.75 Å². The Labute approximate surface area is 146 Å². The molecule has 0 aromatic heterocycles. The Morgan fingerprint density at radius 1 is 1.29 bits per heavy atom. The van der Waals surface area contributed by atoms with Gasteiger partial charge in [-0.25, -0.2) is 0 Å². The van der Waals surface area contributed by atoms with Crippen LogP contribution in [0.4, 0.5) is 5.69 Å². The molecule has 0 saturated carbocycles. The lowest BCUT2D eigenvalue weighted by atomic mass is 10.2. The minimum Gasteiger partial charge on any atom is -0.484 e. The SMILES string of the molecule is CN(C)C(=O)COc1cccc(CNc2ccc(C#N)c(Cl)c2)c1. The van der Waals surface area contributed by atoms with Gasteiger partial charge >= 0.3 is 0 Å². The second-order valence-corrected chi connectivity index (χ2v) is 5.79. The van der Waals surface area contributed by atoms with Crippen LogP contribution in [-0.4, -0.2) is 31.5 Å². The minimum absolute atomic E-state index is 0.00904. The number of nitrogens with one attached hydrogen (secondary N) is 1. The van der Waals surface area contributed by atoms with E-state index < -0.39 is 0 Å². The van der Waals surface area contributed by atoms with Crippen LogP contribution in [0, 0.1) is 11.3 Å². The van der Waals surface area contributed by atoms with E-state index in [-0.39, 0.29) is 12.5 Å². The molecule has 2 aromatic carbocycles. The fourth-order valence-corrected chi connectivity index (χ4v) is 2.16. The fraction of sp³-hybridized carbons (Fsp3) is 0.222. The molecule has 6 heteroatoms. The number of benzene rings is 2. The van der Waals surface area contributed by atoms with E-state index in [0.29, 0.717) is 22.9 Å². The molecule has 0 bridgehead atoms. The van der Waals surface area contributed by atoms with Crippen molar-refractivity contribution in [3.8, 4) is 11.8 Å². The Balaban J connectivity index is 1.96. The van der Waals surface area contributed by atoms with E-state index in [1.165, 1.54) is 4.90 Å². The lowest BCUT2D eigenvalue weighted by Gasteiger charge is -2.12. The summed E-state index contributed by atoms with van der Waals surface area (Å²) in [5.74, 6) is 0.549. The van der Waals surface area contributed by atoms with Crippen LogP contribution in [-0.2, 0) is 11.3 Å². The Morgan fingerprint density at radius 3 is 2.75 bits per heavy atom. The number of ether oxygens (including phenoxy) is 1. The summed E-state index contributed by atoms with van der Waals surface area (Å²) >= 11 is 6.01. The third kappa shape index (κ3) is 4.90. The maximum atomic E-state index is 11.5. The molecule has 0 aliphatic heterocycles. The lowest BCUT2D eigenvalue weighted by Crippen LogP contribution is -2.27. The van der Waals surface area contributed by atoms with Crippen LogP contribution < -0.4 is 10.1 Å². The first-order valence-electron chi connectivity index (χ1n) is 7.35. The van der Waals surface area contributed by atoms with Crippen molar-refractivity contribution in [2.45, 2.75) is 6.54 Å². The van der Waals surface area contributed by atoms with Gasteiger partial charge < -0.3 is 15.0 Å². The normalized spacial score (nSPS) is 9.92. The highest BCUT2D eigenvalue weighted by atomic mass is 35.5. The number of hydrogen-bond acceptors (Lipinski definition) is 4. The highest BCUT2D eigenvalue weighted by Gasteiger charge is 2.06. The first-order chi connectivity index (χ1) is 11.5. The Morgan fingerprint density at radius 2 is 2.08 bits per heavy atom. The van der Waals surface area contributed by atoms with Gasteiger partial charge in [0.05, 0.1) is 10.6 Å². The summed E-state index contributed by atoms with van der Waals surface area (Å²) in [5, 5.41) is 12.5. The second kappa shape index (κ2) is 8.23. The number of rotatable bonds is 6. The molecule has 124 valence electrons. The topological polar surface area (TPSA) is 65.4 Å². The number of nitriles is 1. The number of halogens is 1. The average Bonchev–Trinajstić information content (AvgIpc) is 2.58. The molecule has 0 unspecified atom stereocenters. The molecule has 0 atom stereocenters. The first-order valence-corrected chi connectivity index (χ1v) is 7.73. The fourth-order valence-electron chi connectivity index (χ4n) is 1.94. The van der Waals surface area contributed by atoms with Crippen molar-refractivity contribution in [3.63, 3.8) is 0 Å². The summed E-state index contributed by atoms with van der Waals surface area (Å²) in [6, 6.07) is 14.7. The number of anilines is 1. The third-order valence-corrected chi connectivity index (χ3v) is 3.66. The van der Waals surface area contributed by atoms with Gasteiger partial charge in [-0.2, -0.15) is 5.26 Å². The second-order valence-electron chi connectivity index (χ2n) is 5.38. The molecule has 2 rings (SSSR count). The van der Waals surface area contributed by atoms with E-state index in [2.05, 4.69) is 5.32 Å². The highest BCUT2D eigenvalue weighted by molar-refractivity contribution is 6.32. The highest BCUT2D eigenvalue weighted by Crippen LogP contribution is 2.21. The minimum atomic E-state index is -0.0919. The summed E-state index contributed by atoms with van der Waals surface area (Å²) in [7, 11) is 3.38. The zero-order chi connectivity index (χ0) is 17.5. The molecule has 0 spiro atoms. The Kier molecular flexibility index (Phi) is 6.05. The van der Waals surface area contributed by atoms with E-state index in [4.69, 9.17) is 21.6 Å². The molecule has 0 aliphatic rings.